The van der Waals surface area contributed by atoms with Gasteiger partial charge in [-0.1, -0.05) is 6.42 Å². The molecule has 0 amide bonds. The number of fused-ring (bicyclic) bond motifs is 1. The van der Waals surface area contributed by atoms with Gasteiger partial charge in [0.15, 0.2) is 0 Å². The molecule has 2 rings (SSSR count). The summed E-state index contributed by atoms with van der Waals surface area (Å²) in [6, 6.07) is 3.59. The number of likely N-dealkylation sites (tertiary alicyclic amines) is 1. The van der Waals surface area contributed by atoms with Gasteiger partial charge in [0.2, 0.25) is 0 Å². The quantitative estimate of drug-likeness (QED) is 0.648. The van der Waals surface area contributed by atoms with Gasteiger partial charge >= 0.3 is 0 Å². The van der Waals surface area contributed by atoms with E-state index in [1.807, 2.05) is 0 Å². The Morgan fingerprint density at radius 3 is 3.08 bits per heavy atom. The van der Waals surface area contributed by atoms with Crippen LogP contribution in [-0.2, 0) is 0 Å². The first-order chi connectivity index (χ1) is 6.33. The molecule has 2 aliphatic rings. The Balaban J connectivity index is 1.97. The van der Waals surface area contributed by atoms with Crippen LogP contribution in [0.4, 0.5) is 0 Å². The summed E-state index contributed by atoms with van der Waals surface area (Å²) in [4.78, 5) is 2.57. The molecule has 0 aromatic heterocycles. The standard InChI is InChI=1S/C11H18N2/c1-9(5-7-12)13-8-6-10-3-2-4-11(10)13/h9-11H,2-6,8H2,1H3. The lowest BCUT2D eigenvalue weighted by Gasteiger charge is -2.28. The number of rotatable bonds is 2. The highest BCUT2D eigenvalue weighted by Gasteiger charge is 2.38. The average Bonchev–Trinajstić information content (AvgIpc) is 2.62. The van der Waals surface area contributed by atoms with E-state index in [4.69, 9.17) is 5.26 Å². The Hall–Kier alpha value is -0.550. The molecule has 72 valence electrons. The van der Waals surface area contributed by atoms with Crippen molar-refractivity contribution in [1.82, 2.24) is 4.90 Å². The summed E-state index contributed by atoms with van der Waals surface area (Å²) in [5.41, 5.74) is 0. The molecular weight excluding hydrogens is 160 g/mol. The largest absolute Gasteiger partial charge is 0.296 e. The summed E-state index contributed by atoms with van der Waals surface area (Å²) in [5, 5.41) is 8.66. The van der Waals surface area contributed by atoms with Crippen LogP contribution in [0, 0.1) is 17.2 Å². The van der Waals surface area contributed by atoms with Crippen LogP contribution < -0.4 is 0 Å². The van der Waals surface area contributed by atoms with Crippen molar-refractivity contribution in [2.24, 2.45) is 5.92 Å². The highest BCUT2D eigenvalue weighted by atomic mass is 15.2. The van der Waals surface area contributed by atoms with Crippen molar-refractivity contribution in [3.05, 3.63) is 0 Å². The molecule has 0 aromatic rings. The minimum Gasteiger partial charge on any atom is -0.296 e. The van der Waals surface area contributed by atoms with Crippen molar-refractivity contribution in [1.29, 1.82) is 5.26 Å². The van der Waals surface area contributed by atoms with Crippen LogP contribution in [0.1, 0.15) is 39.0 Å². The van der Waals surface area contributed by atoms with Gasteiger partial charge < -0.3 is 0 Å². The fourth-order valence-electron chi connectivity index (χ4n) is 3.07. The lowest BCUT2D eigenvalue weighted by Crippen LogP contribution is -2.37. The second kappa shape index (κ2) is 3.67. The molecule has 1 aliphatic carbocycles. The van der Waals surface area contributed by atoms with Crippen LogP contribution in [0.3, 0.4) is 0 Å². The van der Waals surface area contributed by atoms with Gasteiger partial charge in [-0.2, -0.15) is 5.26 Å². The molecule has 2 fully saturated rings. The minimum absolute atomic E-state index is 0.484. The Morgan fingerprint density at radius 2 is 2.31 bits per heavy atom. The third-order valence-electron chi connectivity index (χ3n) is 3.76. The summed E-state index contributed by atoms with van der Waals surface area (Å²) in [6.45, 7) is 3.43. The van der Waals surface area contributed by atoms with E-state index in [9.17, 15) is 0 Å². The zero-order valence-corrected chi connectivity index (χ0v) is 8.37. The predicted molar refractivity (Wildman–Crippen MR) is 52.1 cm³/mol. The number of nitriles is 1. The van der Waals surface area contributed by atoms with Gasteiger partial charge in [-0.15, -0.1) is 0 Å². The predicted octanol–water partition coefficient (Wildman–Crippen LogP) is 2.16. The molecule has 0 spiro atoms. The SMILES string of the molecule is CC(CC#N)N1CCC2CCCC21. The molecule has 0 radical (unpaired) electrons. The van der Waals surface area contributed by atoms with Crippen LogP contribution in [0.25, 0.3) is 0 Å². The van der Waals surface area contributed by atoms with Crippen molar-refractivity contribution in [2.45, 2.75) is 51.1 Å². The monoisotopic (exact) mass is 178 g/mol. The Kier molecular flexibility index (Phi) is 2.55. The fraction of sp³-hybridized carbons (Fsp3) is 0.909. The molecule has 1 aliphatic heterocycles. The second-order valence-corrected chi connectivity index (χ2v) is 4.50. The first kappa shape index (κ1) is 9.02. The molecule has 3 atom stereocenters. The molecule has 0 aromatic carbocycles. The van der Waals surface area contributed by atoms with E-state index in [1.54, 1.807) is 0 Å². The van der Waals surface area contributed by atoms with E-state index in [0.29, 0.717) is 12.5 Å². The first-order valence-corrected chi connectivity index (χ1v) is 5.45. The topological polar surface area (TPSA) is 27.0 Å². The van der Waals surface area contributed by atoms with Crippen molar-refractivity contribution in [2.75, 3.05) is 6.54 Å². The van der Waals surface area contributed by atoms with Crippen LogP contribution in [-0.4, -0.2) is 23.5 Å². The van der Waals surface area contributed by atoms with Gasteiger partial charge in [0.25, 0.3) is 0 Å². The summed E-state index contributed by atoms with van der Waals surface area (Å²) in [5.74, 6) is 0.959. The lowest BCUT2D eigenvalue weighted by atomic mass is 10.0. The van der Waals surface area contributed by atoms with Gasteiger partial charge in [0, 0.05) is 12.1 Å². The fourth-order valence-corrected chi connectivity index (χ4v) is 3.07. The molecule has 1 saturated carbocycles. The Labute approximate surface area is 80.5 Å². The van der Waals surface area contributed by atoms with E-state index in [-0.39, 0.29) is 0 Å². The maximum atomic E-state index is 8.66. The van der Waals surface area contributed by atoms with E-state index in [0.717, 1.165) is 12.0 Å². The smallest absolute Gasteiger partial charge is 0.0638 e. The highest BCUT2D eigenvalue weighted by molar-refractivity contribution is 4.95. The van der Waals surface area contributed by atoms with Crippen LogP contribution >= 0.6 is 0 Å². The minimum atomic E-state index is 0.484. The van der Waals surface area contributed by atoms with Gasteiger partial charge in [0.05, 0.1) is 12.5 Å². The van der Waals surface area contributed by atoms with E-state index in [2.05, 4.69) is 17.9 Å². The molecule has 2 heteroatoms. The number of hydrogen-bond donors (Lipinski definition) is 0. The summed E-state index contributed by atoms with van der Waals surface area (Å²) < 4.78 is 0. The van der Waals surface area contributed by atoms with Crippen molar-refractivity contribution >= 4 is 0 Å². The zero-order valence-electron chi connectivity index (χ0n) is 8.37. The van der Waals surface area contributed by atoms with Gasteiger partial charge in [-0.25, -0.2) is 0 Å². The summed E-state index contributed by atoms with van der Waals surface area (Å²) in [6.07, 6.45) is 6.29. The van der Waals surface area contributed by atoms with E-state index >= 15 is 0 Å². The summed E-state index contributed by atoms with van der Waals surface area (Å²) in [7, 11) is 0. The summed E-state index contributed by atoms with van der Waals surface area (Å²) >= 11 is 0. The van der Waals surface area contributed by atoms with Crippen LogP contribution in [0.15, 0.2) is 0 Å². The molecule has 2 nitrogen and oxygen atoms in total. The second-order valence-electron chi connectivity index (χ2n) is 4.50. The normalized spacial score (nSPS) is 35.7. The Bertz CT molecular complexity index is 219. The average molecular weight is 178 g/mol. The molecular formula is C11H18N2. The van der Waals surface area contributed by atoms with Gasteiger partial charge in [-0.3, -0.25) is 4.90 Å². The third-order valence-corrected chi connectivity index (χ3v) is 3.76. The molecule has 1 heterocycles. The molecule has 0 bridgehead atoms. The maximum Gasteiger partial charge on any atom is 0.0638 e. The van der Waals surface area contributed by atoms with Crippen LogP contribution in [0.2, 0.25) is 0 Å². The maximum absolute atomic E-state index is 8.66. The molecule has 13 heavy (non-hydrogen) atoms. The molecule has 0 N–H and O–H groups in total. The number of nitrogens with zero attached hydrogens (tertiary/aromatic N) is 2. The molecule has 1 saturated heterocycles. The highest BCUT2D eigenvalue weighted by Crippen LogP contribution is 2.38. The van der Waals surface area contributed by atoms with Crippen molar-refractivity contribution < 1.29 is 0 Å². The third kappa shape index (κ3) is 1.58. The first-order valence-electron chi connectivity index (χ1n) is 5.45. The number of hydrogen-bond acceptors (Lipinski definition) is 2. The van der Waals surface area contributed by atoms with E-state index in [1.165, 1.54) is 32.2 Å². The molecule has 3 unspecified atom stereocenters. The van der Waals surface area contributed by atoms with Gasteiger partial charge in [0.1, 0.15) is 0 Å². The van der Waals surface area contributed by atoms with Crippen LogP contribution in [0.5, 0.6) is 0 Å². The lowest BCUT2D eigenvalue weighted by molar-refractivity contribution is 0.184. The Morgan fingerprint density at radius 1 is 1.46 bits per heavy atom. The van der Waals surface area contributed by atoms with Crippen molar-refractivity contribution in [3.63, 3.8) is 0 Å². The zero-order chi connectivity index (χ0) is 9.26. The van der Waals surface area contributed by atoms with E-state index < -0.39 is 0 Å². The van der Waals surface area contributed by atoms with Crippen molar-refractivity contribution in [3.8, 4) is 6.07 Å². The van der Waals surface area contributed by atoms with Gasteiger partial charge in [-0.05, 0) is 38.6 Å².